The van der Waals surface area contributed by atoms with Gasteiger partial charge in [-0.3, -0.25) is 0 Å². The molecule has 4 heteroatoms. The molecule has 3 nitrogen and oxygen atoms in total. The van der Waals surface area contributed by atoms with Crippen LogP contribution in [0.1, 0.15) is 5.56 Å². The van der Waals surface area contributed by atoms with Gasteiger partial charge in [-0.1, -0.05) is 6.07 Å². The Hall–Kier alpha value is -1.94. The number of methoxy groups -OCH3 is 1. The summed E-state index contributed by atoms with van der Waals surface area (Å²) in [7, 11) is 3.41. The lowest BCUT2D eigenvalue weighted by molar-refractivity contribution is 0.398. The minimum absolute atomic E-state index is 0.248. The topological polar surface area (TPSA) is 34.1 Å². The first-order valence-electron chi connectivity index (χ1n) is 5.68. The van der Waals surface area contributed by atoms with Gasteiger partial charge >= 0.3 is 0 Å². The molecule has 0 unspecified atom stereocenters. The molecule has 0 saturated heterocycles. The van der Waals surface area contributed by atoms with Gasteiger partial charge in [-0.05, 0) is 30.8 Å². The van der Waals surface area contributed by atoms with E-state index in [2.05, 4.69) is 10.3 Å². The molecule has 0 spiro atoms. The van der Waals surface area contributed by atoms with Crippen molar-refractivity contribution in [2.24, 2.45) is 0 Å². The Morgan fingerprint density at radius 3 is 2.72 bits per heavy atom. The number of halogens is 1. The van der Waals surface area contributed by atoms with Crippen LogP contribution < -0.4 is 10.1 Å². The van der Waals surface area contributed by atoms with Gasteiger partial charge in [0.1, 0.15) is 5.82 Å². The van der Waals surface area contributed by atoms with Crippen molar-refractivity contribution in [2.45, 2.75) is 6.54 Å². The van der Waals surface area contributed by atoms with Gasteiger partial charge in [0.25, 0.3) is 0 Å². The number of hydrogen-bond donors (Lipinski definition) is 1. The molecule has 1 N–H and O–H groups in total. The molecule has 1 aromatic heterocycles. The molecule has 0 fully saturated rings. The van der Waals surface area contributed by atoms with E-state index in [0.29, 0.717) is 18.0 Å². The number of benzene rings is 1. The molecule has 0 radical (unpaired) electrons. The van der Waals surface area contributed by atoms with Gasteiger partial charge in [0.15, 0.2) is 0 Å². The van der Waals surface area contributed by atoms with Crippen molar-refractivity contribution in [2.75, 3.05) is 14.2 Å². The average molecular weight is 246 g/mol. The Balaban J connectivity index is 2.38. The van der Waals surface area contributed by atoms with Crippen LogP contribution in [0.25, 0.3) is 11.1 Å². The lowest BCUT2D eigenvalue weighted by Gasteiger charge is -2.07. The van der Waals surface area contributed by atoms with E-state index in [1.165, 1.54) is 6.07 Å². The highest BCUT2D eigenvalue weighted by Gasteiger charge is 2.07. The second-order valence-electron chi connectivity index (χ2n) is 3.93. The van der Waals surface area contributed by atoms with Crippen LogP contribution in [0.4, 0.5) is 4.39 Å². The summed E-state index contributed by atoms with van der Waals surface area (Å²) >= 11 is 0. The average Bonchev–Trinajstić information content (AvgIpc) is 2.41. The highest BCUT2D eigenvalue weighted by atomic mass is 19.1. The summed E-state index contributed by atoms with van der Waals surface area (Å²) in [5.41, 5.74) is 2.33. The Kier molecular flexibility index (Phi) is 3.89. The number of aromatic nitrogens is 1. The molecule has 0 atom stereocenters. The molecule has 0 bridgehead atoms. The first-order chi connectivity index (χ1) is 8.74. The standard InChI is InChI=1S/C14H15FN2O/c1-16-8-10-3-5-13(15)12(7-10)11-4-6-14(18-2)17-9-11/h3-7,9,16H,8H2,1-2H3. The maximum absolute atomic E-state index is 13.8. The van der Waals surface area contributed by atoms with Crippen molar-refractivity contribution >= 4 is 0 Å². The summed E-state index contributed by atoms with van der Waals surface area (Å²) in [5.74, 6) is 0.271. The molecule has 0 aliphatic carbocycles. The van der Waals surface area contributed by atoms with Crippen molar-refractivity contribution in [1.29, 1.82) is 0 Å². The van der Waals surface area contributed by atoms with Gasteiger partial charge in [-0.25, -0.2) is 9.37 Å². The zero-order chi connectivity index (χ0) is 13.0. The van der Waals surface area contributed by atoms with Gasteiger partial charge < -0.3 is 10.1 Å². The van der Waals surface area contributed by atoms with E-state index < -0.39 is 0 Å². The quantitative estimate of drug-likeness (QED) is 0.900. The minimum atomic E-state index is -0.248. The first-order valence-corrected chi connectivity index (χ1v) is 5.68. The van der Waals surface area contributed by atoms with E-state index in [1.807, 2.05) is 13.1 Å². The van der Waals surface area contributed by atoms with Crippen molar-refractivity contribution in [3.8, 4) is 17.0 Å². The predicted molar refractivity (Wildman–Crippen MR) is 68.9 cm³/mol. The molecule has 2 rings (SSSR count). The number of hydrogen-bond acceptors (Lipinski definition) is 3. The molecule has 1 aromatic carbocycles. The number of nitrogens with one attached hydrogen (secondary N) is 1. The molecule has 2 aromatic rings. The largest absolute Gasteiger partial charge is 0.481 e. The molecule has 18 heavy (non-hydrogen) atoms. The maximum Gasteiger partial charge on any atom is 0.212 e. The van der Waals surface area contributed by atoms with Crippen LogP contribution in [0, 0.1) is 5.82 Å². The third-order valence-electron chi connectivity index (χ3n) is 2.67. The van der Waals surface area contributed by atoms with E-state index in [-0.39, 0.29) is 5.82 Å². The normalized spacial score (nSPS) is 10.4. The zero-order valence-corrected chi connectivity index (χ0v) is 10.4. The fraction of sp³-hybridized carbons (Fsp3) is 0.214. The fourth-order valence-electron chi connectivity index (χ4n) is 1.77. The molecular formula is C14H15FN2O. The van der Waals surface area contributed by atoms with E-state index in [1.54, 1.807) is 31.5 Å². The molecular weight excluding hydrogens is 231 g/mol. The van der Waals surface area contributed by atoms with E-state index in [0.717, 1.165) is 11.1 Å². The van der Waals surface area contributed by atoms with E-state index >= 15 is 0 Å². The van der Waals surface area contributed by atoms with E-state index in [9.17, 15) is 4.39 Å². The SMILES string of the molecule is CNCc1ccc(F)c(-c2ccc(OC)nc2)c1. The predicted octanol–water partition coefficient (Wildman–Crippen LogP) is 2.62. The molecule has 0 aliphatic heterocycles. The smallest absolute Gasteiger partial charge is 0.212 e. The molecule has 0 saturated carbocycles. The van der Waals surface area contributed by atoms with Crippen molar-refractivity contribution in [3.63, 3.8) is 0 Å². The lowest BCUT2D eigenvalue weighted by atomic mass is 10.0. The fourth-order valence-corrected chi connectivity index (χ4v) is 1.77. The Morgan fingerprint density at radius 1 is 1.28 bits per heavy atom. The summed E-state index contributed by atoms with van der Waals surface area (Å²) in [6.07, 6.45) is 1.61. The van der Waals surface area contributed by atoms with Crippen molar-refractivity contribution in [1.82, 2.24) is 10.3 Å². The Labute approximate surface area is 106 Å². The first kappa shape index (κ1) is 12.5. The summed E-state index contributed by atoms with van der Waals surface area (Å²) in [6.45, 7) is 0.705. The zero-order valence-electron chi connectivity index (χ0n) is 10.4. The van der Waals surface area contributed by atoms with Gasteiger partial charge in [-0.15, -0.1) is 0 Å². The van der Waals surface area contributed by atoms with Gasteiger partial charge in [0.05, 0.1) is 7.11 Å². The summed E-state index contributed by atoms with van der Waals surface area (Å²) in [5, 5.41) is 3.04. The highest BCUT2D eigenvalue weighted by Crippen LogP contribution is 2.24. The second-order valence-corrected chi connectivity index (χ2v) is 3.93. The third-order valence-corrected chi connectivity index (χ3v) is 2.67. The van der Waals surface area contributed by atoms with Gasteiger partial charge in [-0.2, -0.15) is 0 Å². The van der Waals surface area contributed by atoms with Gasteiger partial charge in [0, 0.05) is 29.9 Å². The second kappa shape index (κ2) is 5.60. The maximum atomic E-state index is 13.8. The number of rotatable bonds is 4. The summed E-state index contributed by atoms with van der Waals surface area (Å²) in [4.78, 5) is 4.09. The van der Waals surface area contributed by atoms with Crippen LogP contribution in [0.15, 0.2) is 36.5 Å². The van der Waals surface area contributed by atoms with Crippen LogP contribution in [-0.2, 0) is 6.54 Å². The minimum Gasteiger partial charge on any atom is -0.481 e. The third kappa shape index (κ3) is 2.65. The van der Waals surface area contributed by atoms with Crippen LogP contribution >= 0.6 is 0 Å². The number of nitrogens with zero attached hydrogens (tertiary/aromatic N) is 1. The van der Waals surface area contributed by atoms with Crippen LogP contribution in [-0.4, -0.2) is 19.1 Å². The highest BCUT2D eigenvalue weighted by molar-refractivity contribution is 5.64. The molecule has 0 amide bonds. The molecule has 0 aliphatic rings. The van der Waals surface area contributed by atoms with Crippen molar-refractivity contribution in [3.05, 3.63) is 47.9 Å². The monoisotopic (exact) mass is 246 g/mol. The van der Waals surface area contributed by atoms with Gasteiger partial charge in [0.2, 0.25) is 5.88 Å². The summed E-state index contributed by atoms with van der Waals surface area (Å²) in [6, 6.07) is 8.60. The van der Waals surface area contributed by atoms with Crippen LogP contribution in [0.2, 0.25) is 0 Å². The molecule has 94 valence electrons. The Morgan fingerprint density at radius 2 is 2.11 bits per heavy atom. The van der Waals surface area contributed by atoms with Crippen LogP contribution in [0.3, 0.4) is 0 Å². The van der Waals surface area contributed by atoms with E-state index in [4.69, 9.17) is 4.74 Å². The number of pyridine rings is 1. The Bertz CT molecular complexity index is 526. The summed E-state index contributed by atoms with van der Waals surface area (Å²) < 4.78 is 18.8. The number of ether oxygens (including phenoxy) is 1. The van der Waals surface area contributed by atoms with Crippen molar-refractivity contribution < 1.29 is 9.13 Å². The lowest BCUT2D eigenvalue weighted by Crippen LogP contribution is -2.05. The van der Waals surface area contributed by atoms with Crippen LogP contribution in [0.5, 0.6) is 5.88 Å². The molecule has 1 heterocycles.